The lowest BCUT2D eigenvalue weighted by Crippen LogP contribution is -2.00. The molecule has 0 bridgehead atoms. The van der Waals surface area contributed by atoms with E-state index in [0.717, 1.165) is 12.0 Å². The van der Waals surface area contributed by atoms with Crippen LogP contribution in [0, 0.1) is 0 Å². The van der Waals surface area contributed by atoms with Crippen molar-refractivity contribution in [2.24, 2.45) is 0 Å². The molecular formula is C50H32OS. The minimum Gasteiger partial charge on any atom is -0.472 e. The van der Waals surface area contributed by atoms with Gasteiger partial charge in [0.2, 0.25) is 0 Å². The summed E-state index contributed by atoms with van der Waals surface area (Å²) in [6.07, 6.45) is 13.7. The minimum atomic E-state index is 0.360. The minimum absolute atomic E-state index is 0.360. The molecule has 1 aliphatic rings. The second kappa shape index (κ2) is 11.7. The molecule has 0 radical (unpaired) electrons. The van der Waals surface area contributed by atoms with Crippen molar-refractivity contribution in [1.29, 1.82) is 0 Å². The lowest BCUT2D eigenvalue weighted by Gasteiger charge is -2.22. The van der Waals surface area contributed by atoms with Crippen LogP contribution in [0.1, 0.15) is 17.9 Å². The maximum absolute atomic E-state index is 5.60. The summed E-state index contributed by atoms with van der Waals surface area (Å²) in [6.45, 7) is 0. The van der Waals surface area contributed by atoms with Gasteiger partial charge in [-0.2, -0.15) is 0 Å². The van der Waals surface area contributed by atoms with Gasteiger partial charge in [-0.15, -0.1) is 11.3 Å². The van der Waals surface area contributed by atoms with E-state index in [1.807, 2.05) is 17.6 Å². The zero-order valence-corrected chi connectivity index (χ0v) is 29.2. The first-order chi connectivity index (χ1) is 25.8. The molecule has 0 N–H and O–H groups in total. The van der Waals surface area contributed by atoms with Crippen LogP contribution in [0.5, 0.6) is 0 Å². The molecule has 0 saturated heterocycles. The van der Waals surface area contributed by atoms with Crippen molar-refractivity contribution in [2.45, 2.75) is 12.3 Å². The summed E-state index contributed by atoms with van der Waals surface area (Å²) < 4.78 is 8.21. The first-order valence-electron chi connectivity index (χ1n) is 18.0. The highest BCUT2D eigenvalue weighted by Gasteiger charge is 2.22. The Balaban J connectivity index is 1.17. The molecule has 1 unspecified atom stereocenters. The highest BCUT2D eigenvalue weighted by molar-refractivity contribution is 7.26. The van der Waals surface area contributed by atoms with Gasteiger partial charge in [-0.1, -0.05) is 146 Å². The summed E-state index contributed by atoms with van der Waals surface area (Å²) in [6, 6.07) is 51.9. The standard InChI is InChI=1S/C50H32OS/c1-2-13-31(14-3-1)46-34-15-4-6-17-36(34)47(37-18-7-5-16-35(37)46)32-25-26-42-45(29-32)52-44-24-12-23-43(50(42)44)49-40-21-10-8-19-38(40)48(33-27-28-51-30-33)39-20-9-11-22-41(39)49/h1-13,15-31H,14H2. The molecule has 2 aromatic heterocycles. The van der Waals surface area contributed by atoms with E-state index in [0.29, 0.717) is 5.92 Å². The van der Waals surface area contributed by atoms with Crippen LogP contribution in [0.15, 0.2) is 181 Å². The Bertz CT molecular complexity index is 2990. The smallest absolute Gasteiger partial charge is 0.0981 e. The molecular weight excluding hydrogens is 649 g/mol. The van der Waals surface area contributed by atoms with Crippen molar-refractivity contribution in [3.63, 3.8) is 0 Å². The van der Waals surface area contributed by atoms with Crippen molar-refractivity contribution in [3.8, 4) is 33.4 Å². The Kier molecular flexibility index (Phi) is 6.62. The Morgan fingerprint density at radius 3 is 1.67 bits per heavy atom. The molecule has 0 fully saturated rings. The van der Waals surface area contributed by atoms with Gasteiger partial charge in [0.1, 0.15) is 0 Å². The molecule has 0 saturated carbocycles. The van der Waals surface area contributed by atoms with Gasteiger partial charge in [0.05, 0.1) is 12.5 Å². The first-order valence-corrected chi connectivity index (χ1v) is 18.8. The fourth-order valence-electron chi connectivity index (χ4n) is 8.99. The van der Waals surface area contributed by atoms with Crippen molar-refractivity contribution >= 4 is 74.6 Å². The van der Waals surface area contributed by atoms with Crippen LogP contribution in [-0.2, 0) is 0 Å². The summed E-state index contributed by atoms with van der Waals surface area (Å²) in [7, 11) is 0. The van der Waals surface area contributed by atoms with Crippen LogP contribution in [0.25, 0.3) is 96.6 Å². The normalized spacial score (nSPS) is 14.5. The monoisotopic (exact) mass is 680 g/mol. The van der Waals surface area contributed by atoms with E-state index in [1.165, 1.54) is 96.6 Å². The number of fused-ring (bicyclic) bond motifs is 7. The number of thiophene rings is 1. The molecule has 0 amide bonds. The van der Waals surface area contributed by atoms with Gasteiger partial charge in [0.15, 0.2) is 0 Å². The van der Waals surface area contributed by atoms with Crippen LogP contribution in [0.2, 0.25) is 0 Å². The van der Waals surface area contributed by atoms with E-state index in [2.05, 4.69) is 164 Å². The van der Waals surface area contributed by atoms with Crippen LogP contribution >= 0.6 is 11.3 Å². The summed E-state index contributed by atoms with van der Waals surface area (Å²) in [5, 5.41) is 12.9. The highest BCUT2D eigenvalue weighted by atomic mass is 32.1. The van der Waals surface area contributed by atoms with E-state index in [9.17, 15) is 0 Å². The number of rotatable bonds is 4. The van der Waals surface area contributed by atoms with E-state index in [-0.39, 0.29) is 0 Å². The third-order valence-electron chi connectivity index (χ3n) is 11.1. The second-order valence-corrected chi connectivity index (χ2v) is 15.0. The number of allylic oxidation sites excluding steroid dienone is 4. The maximum Gasteiger partial charge on any atom is 0.0981 e. The van der Waals surface area contributed by atoms with Gasteiger partial charge in [-0.3, -0.25) is 0 Å². The Morgan fingerprint density at radius 1 is 0.481 bits per heavy atom. The summed E-state index contributed by atoms with van der Waals surface area (Å²) in [5.74, 6) is 0.360. The molecule has 11 rings (SSSR count). The summed E-state index contributed by atoms with van der Waals surface area (Å²) in [4.78, 5) is 0. The zero-order valence-electron chi connectivity index (χ0n) is 28.3. The predicted molar refractivity (Wildman–Crippen MR) is 224 cm³/mol. The van der Waals surface area contributed by atoms with Gasteiger partial charge in [0.25, 0.3) is 0 Å². The topological polar surface area (TPSA) is 13.1 Å². The molecule has 1 aliphatic carbocycles. The van der Waals surface area contributed by atoms with E-state index in [1.54, 1.807) is 6.26 Å². The van der Waals surface area contributed by atoms with Gasteiger partial charge >= 0.3 is 0 Å². The lowest BCUT2D eigenvalue weighted by atomic mass is 9.81. The molecule has 0 spiro atoms. The van der Waals surface area contributed by atoms with E-state index < -0.39 is 0 Å². The number of benzene rings is 8. The van der Waals surface area contributed by atoms with Crippen LogP contribution in [0.4, 0.5) is 0 Å². The predicted octanol–water partition coefficient (Wildman–Crippen LogP) is 14.9. The third kappa shape index (κ3) is 4.35. The second-order valence-electron chi connectivity index (χ2n) is 13.9. The molecule has 52 heavy (non-hydrogen) atoms. The Morgan fingerprint density at radius 2 is 1.08 bits per heavy atom. The SMILES string of the molecule is C1=CCC(c2c3ccccc3c(-c3ccc4c(c3)sc3cccc(-c5c6ccccc6c(-c6ccoc6)c6ccccc56)c34)c3ccccc23)C=C1. The average molecular weight is 681 g/mol. The third-order valence-corrected chi connectivity index (χ3v) is 12.2. The summed E-state index contributed by atoms with van der Waals surface area (Å²) >= 11 is 1.90. The number of furan rings is 1. The van der Waals surface area contributed by atoms with Crippen LogP contribution in [-0.4, -0.2) is 0 Å². The van der Waals surface area contributed by atoms with Gasteiger partial charge in [-0.05, 0) is 95.5 Å². The summed E-state index contributed by atoms with van der Waals surface area (Å²) in [5.41, 5.74) is 8.89. The molecule has 1 nitrogen and oxygen atoms in total. The molecule has 8 aromatic carbocycles. The van der Waals surface area contributed by atoms with Crippen molar-refractivity contribution in [1.82, 2.24) is 0 Å². The van der Waals surface area contributed by atoms with Crippen molar-refractivity contribution < 1.29 is 4.42 Å². The molecule has 1 atom stereocenters. The van der Waals surface area contributed by atoms with Crippen LogP contribution < -0.4 is 0 Å². The number of hydrogen-bond acceptors (Lipinski definition) is 2. The molecule has 0 aliphatic heterocycles. The fourth-order valence-corrected chi connectivity index (χ4v) is 10.2. The van der Waals surface area contributed by atoms with Crippen molar-refractivity contribution in [3.05, 3.63) is 182 Å². The van der Waals surface area contributed by atoms with Gasteiger partial charge < -0.3 is 4.42 Å². The molecule has 10 aromatic rings. The molecule has 244 valence electrons. The highest BCUT2D eigenvalue weighted by Crippen LogP contribution is 2.49. The Hall–Kier alpha value is -6.22. The molecule has 2 heteroatoms. The lowest BCUT2D eigenvalue weighted by molar-refractivity contribution is 0.568. The largest absolute Gasteiger partial charge is 0.472 e. The van der Waals surface area contributed by atoms with Crippen LogP contribution in [0.3, 0.4) is 0 Å². The van der Waals surface area contributed by atoms with Gasteiger partial charge in [0, 0.05) is 37.2 Å². The fraction of sp³-hybridized carbons (Fsp3) is 0.0400. The molecule has 2 heterocycles. The van der Waals surface area contributed by atoms with E-state index >= 15 is 0 Å². The maximum atomic E-state index is 5.60. The van der Waals surface area contributed by atoms with Gasteiger partial charge in [-0.25, -0.2) is 0 Å². The Labute approximate surface area is 305 Å². The number of hydrogen-bond donors (Lipinski definition) is 0. The zero-order chi connectivity index (χ0) is 34.2. The van der Waals surface area contributed by atoms with Crippen molar-refractivity contribution in [2.75, 3.05) is 0 Å². The quantitative estimate of drug-likeness (QED) is 0.169. The first kappa shape index (κ1) is 29.5. The average Bonchev–Trinajstić information content (AvgIpc) is 3.87. The van der Waals surface area contributed by atoms with E-state index in [4.69, 9.17) is 4.42 Å².